The van der Waals surface area contributed by atoms with Gasteiger partial charge in [0.2, 0.25) is 0 Å². The molecule has 2 aliphatic carbocycles. The molecule has 2 heterocycles. The van der Waals surface area contributed by atoms with E-state index in [0.29, 0.717) is 46.5 Å². The van der Waals surface area contributed by atoms with Crippen LogP contribution in [0.25, 0.3) is 0 Å². The Balaban J connectivity index is 1.30. The lowest BCUT2D eigenvalue weighted by Crippen LogP contribution is -2.23. The predicted molar refractivity (Wildman–Crippen MR) is 170 cm³/mol. The van der Waals surface area contributed by atoms with E-state index >= 15 is 0 Å². The van der Waals surface area contributed by atoms with Gasteiger partial charge in [-0.25, -0.2) is 4.79 Å². The number of rotatable bonds is 9. The molecule has 0 atom stereocenters. The van der Waals surface area contributed by atoms with Gasteiger partial charge in [-0.15, -0.1) is 0 Å². The van der Waals surface area contributed by atoms with Gasteiger partial charge in [0.15, 0.2) is 5.71 Å². The van der Waals surface area contributed by atoms with Crippen molar-refractivity contribution in [3.05, 3.63) is 52.3 Å². The third-order valence-corrected chi connectivity index (χ3v) is 11.2. The molecule has 0 bridgehead atoms. The van der Waals surface area contributed by atoms with Crippen molar-refractivity contribution < 1.29 is 34.0 Å². The highest BCUT2D eigenvalue weighted by molar-refractivity contribution is 8.25. The average Bonchev–Trinajstić information content (AvgIpc) is 3.63. The van der Waals surface area contributed by atoms with Crippen LogP contribution < -0.4 is 14.5 Å². The van der Waals surface area contributed by atoms with Crippen molar-refractivity contribution in [1.29, 1.82) is 0 Å². The molecule has 0 saturated heterocycles. The molecule has 11 heteroatoms. The highest BCUT2D eigenvalue weighted by atomic mass is 32.2. The number of fused-ring (bicyclic) bond motifs is 1. The zero-order chi connectivity index (χ0) is 30.6. The molecule has 0 radical (unpaired) electrons. The van der Waals surface area contributed by atoms with Crippen LogP contribution in [0.5, 0.6) is 11.5 Å². The quantitative estimate of drug-likeness (QED) is 0.255. The number of thioether (sulfide) groups is 2. The van der Waals surface area contributed by atoms with Crippen LogP contribution in [0.1, 0.15) is 58.3 Å². The van der Waals surface area contributed by atoms with Crippen molar-refractivity contribution in [3.8, 4) is 11.5 Å². The average molecular weight is 639 g/mol. The Morgan fingerprint density at radius 1 is 0.841 bits per heavy atom. The van der Waals surface area contributed by atoms with E-state index in [-0.39, 0.29) is 30.1 Å². The third kappa shape index (κ3) is 6.80. The van der Waals surface area contributed by atoms with Gasteiger partial charge in [-0.1, -0.05) is 41.7 Å². The summed E-state index contributed by atoms with van der Waals surface area (Å²) in [6.45, 7) is 2.96. The number of aliphatic hydroxyl groups is 2. The van der Waals surface area contributed by atoms with Crippen molar-refractivity contribution in [2.75, 3.05) is 24.8 Å². The minimum atomic E-state index is -0.647. The van der Waals surface area contributed by atoms with Gasteiger partial charge in [0, 0.05) is 0 Å². The van der Waals surface area contributed by atoms with Gasteiger partial charge in [-0.3, -0.25) is 4.79 Å². The minimum Gasteiger partial charge on any atom is -0.492 e. The Bertz CT molecular complexity index is 1370. The molecule has 0 aromatic heterocycles. The summed E-state index contributed by atoms with van der Waals surface area (Å²) < 4.78 is 18.7. The van der Waals surface area contributed by atoms with Crippen molar-refractivity contribution in [2.24, 2.45) is 16.9 Å². The van der Waals surface area contributed by atoms with E-state index in [2.05, 4.69) is 5.10 Å². The van der Waals surface area contributed by atoms with Crippen molar-refractivity contribution in [1.82, 2.24) is 0 Å². The Labute approximate surface area is 266 Å². The number of hydrogen-bond acceptors (Lipinski definition) is 10. The van der Waals surface area contributed by atoms with Crippen LogP contribution >= 0.6 is 23.5 Å². The second-order valence-electron chi connectivity index (χ2n) is 11.7. The number of hydrogen-bond donors (Lipinski definition) is 2. The first-order valence-electron chi connectivity index (χ1n) is 15.5. The van der Waals surface area contributed by atoms with Gasteiger partial charge < -0.3 is 24.4 Å². The number of carbonyl (C=O) groups is 2. The number of para-hydroxylation sites is 1. The third-order valence-electron chi connectivity index (χ3n) is 8.53. The SMILES string of the molecule is CCOC(=O)C1=NN(c2ccccc2)C(=O)C1=C1Sc2c(OCC3CCC(O)CC3)ccc(OCC3CCC(O)CC3)c2S1. The number of esters is 1. The normalized spacial score (nSPS) is 25.1. The fourth-order valence-electron chi connectivity index (χ4n) is 5.97. The monoisotopic (exact) mass is 638 g/mol. The molecule has 2 saturated carbocycles. The smallest absolute Gasteiger partial charge is 0.359 e. The molecule has 44 heavy (non-hydrogen) atoms. The maximum atomic E-state index is 13.9. The van der Waals surface area contributed by atoms with Crippen LogP contribution in [-0.2, 0) is 14.3 Å². The van der Waals surface area contributed by atoms with E-state index in [4.69, 9.17) is 14.2 Å². The summed E-state index contributed by atoms with van der Waals surface area (Å²) in [4.78, 5) is 28.6. The molecule has 6 rings (SSSR count). The molecular weight excluding hydrogens is 601 g/mol. The van der Waals surface area contributed by atoms with E-state index in [1.807, 2.05) is 30.3 Å². The van der Waals surface area contributed by atoms with Gasteiger partial charge in [0.05, 0.1) is 57.3 Å². The lowest BCUT2D eigenvalue weighted by molar-refractivity contribution is -0.135. The molecule has 2 aromatic rings. The van der Waals surface area contributed by atoms with Crippen LogP contribution in [0.15, 0.2) is 67.2 Å². The predicted octanol–water partition coefficient (Wildman–Crippen LogP) is 5.92. The lowest BCUT2D eigenvalue weighted by atomic mass is 9.88. The summed E-state index contributed by atoms with van der Waals surface area (Å²) in [7, 11) is 0. The summed E-state index contributed by atoms with van der Waals surface area (Å²) >= 11 is 2.78. The van der Waals surface area contributed by atoms with Gasteiger partial charge in [0.25, 0.3) is 5.91 Å². The molecule has 9 nitrogen and oxygen atoms in total. The standard InChI is InChI=1S/C33H38N2O7S2/c1-2-40-32(39)28-27(31(38)35(34-28)22-6-4-3-5-7-22)33-43-29-25(41-18-20-8-12-23(36)13-9-20)16-17-26(30(29)44-33)42-19-21-10-14-24(37)15-11-21/h3-7,16-17,20-21,23-24,36-37H,2,8-15,18-19H2,1H3. The van der Waals surface area contributed by atoms with E-state index in [1.54, 1.807) is 19.1 Å². The van der Waals surface area contributed by atoms with Crippen LogP contribution in [-0.4, -0.2) is 59.8 Å². The minimum absolute atomic E-state index is 0.0185. The maximum absolute atomic E-state index is 13.9. The topological polar surface area (TPSA) is 118 Å². The molecule has 2 aliphatic heterocycles. The van der Waals surface area contributed by atoms with Crippen molar-refractivity contribution >= 4 is 46.8 Å². The van der Waals surface area contributed by atoms with E-state index in [9.17, 15) is 19.8 Å². The van der Waals surface area contributed by atoms with E-state index in [1.165, 1.54) is 28.5 Å². The molecule has 0 spiro atoms. The summed E-state index contributed by atoms with van der Waals surface area (Å²) in [6, 6.07) is 12.9. The van der Waals surface area contributed by atoms with E-state index < -0.39 is 11.9 Å². The molecule has 234 valence electrons. The number of carbonyl (C=O) groups excluding carboxylic acids is 2. The number of hydrazone groups is 1. The summed E-state index contributed by atoms with van der Waals surface area (Å²) in [5.74, 6) is 1.09. The largest absolute Gasteiger partial charge is 0.492 e. The molecule has 2 aromatic carbocycles. The van der Waals surface area contributed by atoms with Gasteiger partial charge >= 0.3 is 5.97 Å². The highest BCUT2D eigenvalue weighted by Gasteiger charge is 2.41. The Hall–Kier alpha value is -2.99. The van der Waals surface area contributed by atoms with Gasteiger partial charge in [-0.05, 0) is 94.4 Å². The van der Waals surface area contributed by atoms with E-state index in [0.717, 1.165) is 61.2 Å². The number of anilines is 1. The van der Waals surface area contributed by atoms with Crippen LogP contribution in [0, 0.1) is 11.8 Å². The Morgan fingerprint density at radius 3 is 1.86 bits per heavy atom. The van der Waals surface area contributed by atoms with Gasteiger partial charge in [-0.2, -0.15) is 10.1 Å². The summed E-state index contributed by atoms with van der Waals surface area (Å²) in [6.07, 6.45) is 6.36. The van der Waals surface area contributed by atoms with Crippen molar-refractivity contribution in [2.45, 2.75) is 80.3 Å². The second-order valence-corrected chi connectivity index (χ2v) is 14.0. The molecule has 2 N–H and O–H groups in total. The number of ether oxygens (including phenoxy) is 3. The maximum Gasteiger partial charge on any atom is 0.359 e. The van der Waals surface area contributed by atoms with Crippen LogP contribution in [0.2, 0.25) is 0 Å². The first kappa shape index (κ1) is 31.0. The first-order chi connectivity index (χ1) is 21.4. The number of benzene rings is 2. The van der Waals surface area contributed by atoms with Crippen LogP contribution in [0.4, 0.5) is 5.69 Å². The summed E-state index contributed by atoms with van der Waals surface area (Å²) in [5.41, 5.74) is 0.747. The van der Waals surface area contributed by atoms with Gasteiger partial charge in [0.1, 0.15) is 11.5 Å². The molecule has 2 fully saturated rings. The highest BCUT2D eigenvalue weighted by Crippen LogP contribution is 2.59. The molecule has 0 unspecified atom stereocenters. The lowest BCUT2D eigenvalue weighted by Gasteiger charge is -2.26. The fourth-order valence-corrected chi connectivity index (χ4v) is 8.67. The zero-order valence-corrected chi connectivity index (χ0v) is 26.4. The summed E-state index contributed by atoms with van der Waals surface area (Å²) in [5, 5.41) is 25.5. The Morgan fingerprint density at radius 2 is 1.36 bits per heavy atom. The fraction of sp³-hybridized carbons (Fsp3) is 0.485. The molecule has 4 aliphatic rings. The zero-order valence-electron chi connectivity index (χ0n) is 24.8. The Kier molecular flexibility index (Phi) is 9.85. The first-order valence-corrected chi connectivity index (χ1v) is 17.1. The van der Waals surface area contributed by atoms with Crippen LogP contribution in [0.3, 0.4) is 0 Å². The molecular formula is C33H38N2O7S2. The number of aliphatic hydroxyl groups excluding tert-OH is 2. The molecule has 1 amide bonds. The number of nitrogens with zero attached hydrogens (tertiary/aromatic N) is 2. The number of amides is 1. The van der Waals surface area contributed by atoms with Crippen molar-refractivity contribution in [3.63, 3.8) is 0 Å². The second kappa shape index (κ2) is 14.0.